The highest BCUT2D eigenvalue weighted by molar-refractivity contribution is 6.23. The highest BCUT2D eigenvalue weighted by Crippen LogP contribution is 2.28. The van der Waals surface area contributed by atoms with Crippen molar-refractivity contribution in [1.82, 2.24) is 9.80 Å². The number of amides is 3. The Balaban J connectivity index is 1.82. The highest BCUT2D eigenvalue weighted by Gasteiger charge is 2.49. The minimum Gasteiger partial charge on any atom is -0.548 e. The summed E-state index contributed by atoms with van der Waals surface area (Å²) < 4.78 is 0. The molecule has 1 unspecified atom stereocenters. The first-order chi connectivity index (χ1) is 9.50. The van der Waals surface area contributed by atoms with Crippen LogP contribution in [-0.4, -0.2) is 52.6 Å². The van der Waals surface area contributed by atoms with Crippen LogP contribution in [0, 0.1) is 0 Å². The van der Waals surface area contributed by atoms with Crippen molar-refractivity contribution in [2.45, 2.75) is 6.04 Å². The summed E-state index contributed by atoms with van der Waals surface area (Å²) in [5, 5.41) is 10.4. The van der Waals surface area contributed by atoms with E-state index in [-0.39, 0.29) is 17.7 Å². The molecule has 0 N–H and O–H groups in total. The number of aliphatic carboxylic acids is 1. The van der Waals surface area contributed by atoms with Gasteiger partial charge in [-0.3, -0.25) is 19.3 Å². The van der Waals surface area contributed by atoms with Gasteiger partial charge in [0.05, 0.1) is 30.2 Å². The fourth-order valence-electron chi connectivity index (χ4n) is 2.46. The summed E-state index contributed by atoms with van der Waals surface area (Å²) in [6.07, 6.45) is 0. The molecule has 2 aliphatic heterocycles. The second-order valence-electron chi connectivity index (χ2n) is 4.63. The SMILES string of the molecule is O=C([O-])CN1CC(N2C(=O)c3ccccc3C2=O)C1=O. The average molecular weight is 273 g/mol. The van der Waals surface area contributed by atoms with Gasteiger partial charge >= 0.3 is 0 Å². The quantitative estimate of drug-likeness (QED) is 0.480. The van der Waals surface area contributed by atoms with Gasteiger partial charge in [-0.1, -0.05) is 12.1 Å². The van der Waals surface area contributed by atoms with E-state index in [0.717, 1.165) is 9.80 Å². The van der Waals surface area contributed by atoms with E-state index in [1.54, 1.807) is 12.1 Å². The second kappa shape index (κ2) is 4.16. The van der Waals surface area contributed by atoms with Crippen LogP contribution in [0.25, 0.3) is 0 Å². The van der Waals surface area contributed by atoms with Gasteiger partial charge in [0.2, 0.25) is 5.91 Å². The second-order valence-corrected chi connectivity index (χ2v) is 4.63. The standard InChI is InChI=1S/C13H10N2O5/c16-10(17)6-14-5-9(13(14)20)15-11(18)7-3-1-2-4-8(7)12(15)19/h1-4,9H,5-6H2,(H,16,17)/p-1. The van der Waals surface area contributed by atoms with E-state index < -0.39 is 36.3 Å². The molecule has 1 fully saturated rings. The minimum atomic E-state index is -1.38. The molecule has 3 amide bonds. The van der Waals surface area contributed by atoms with Crippen molar-refractivity contribution in [3.63, 3.8) is 0 Å². The van der Waals surface area contributed by atoms with Crippen LogP contribution in [0.1, 0.15) is 20.7 Å². The smallest absolute Gasteiger partial charge is 0.262 e. The number of carbonyl (C=O) groups excluding carboxylic acids is 4. The Kier molecular flexibility index (Phi) is 2.56. The van der Waals surface area contributed by atoms with Gasteiger partial charge in [-0.05, 0) is 12.1 Å². The maximum Gasteiger partial charge on any atom is 0.262 e. The molecule has 0 aromatic heterocycles. The van der Waals surface area contributed by atoms with E-state index in [0.29, 0.717) is 0 Å². The van der Waals surface area contributed by atoms with Crippen molar-refractivity contribution in [3.05, 3.63) is 35.4 Å². The summed E-state index contributed by atoms with van der Waals surface area (Å²) in [5.74, 6) is -2.96. The molecule has 1 aromatic carbocycles. The van der Waals surface area contributed by atoms with Crippen LogP contribution in [0.5, 0.6) is 0 Å². The topological polar surface area (TPSA) is 97.8 Å². The van der Waals surface area contributed by atoms with E-state index in [4.69, 9.17) is 0 Å². The first-order valence-electron chi connectivity index (χ1n) is 5.96. The maximum atomic E-state index is 12.1. The van der Waals surface area contributed by atoms with Crippen molar-refractivity contribution >= 4 is 23.7 Å². The number of carbonyl (C=O) groups is 4. The zero-order valence-corrected chi connectivity index (χ0v) is 10.2. The van der Waals surface area contributed by atoms with E-state index in [2.05, 4.69) is 0 Å². The number of benzene rings is 1. The van der Waals surface area contributed by atoms with Crippen molar-refractivity contribution < 1.29 is 24.3 Å². The molecule has 3 rings (SSSR count). The lowest BCUT2D eigenvalue weighted by molar-refractivity contribution is -0.306. The van der Waals surface area contributed by atoms with Crippen LogP contribution < -0.4 is 5.11 Å². The Hall–Kier alpha value is -2.70. The number of fused-ring (bicyclic) bond motifs is 1. The number of carboxylic acid groups (broad SMARTS) is 1. The van der Waals surface area contributed by atoms with Gasteiger partial charge in [-0.2, -0.15) is 0 Å². The number of hydrogen-bond acceptors (Lipinski definition) is 5. The summed E-state index contributed by atoms with van der Waals surface area (Å²) in [6, 6.07) is 5.41. The Morgan fingerprint density at radius 2 is 1.70 bits per heavy atom. The highest BCUT2D eigenvalue weighted by atomic mass is 16.4. The molecule has 1 aromatic rings. The summed E-state index contributed by atoms with van der Waals surface area (Å²) in [4.78, 5) is 48.4. The lowest BCUT2D eigenvalue weighted by Gasteiger charge is -2.41. The first-order valence-corrected chi connectivity index (χ1v) is 5.96. The van der Waals surface area contributed by atoms with Crippen LogP contribution in [0.15, 0.2) is 24.3 Å². The van der Waals surface area contributed by atoms with Crippen LogP contribution in [0.2, 0.25) is 0 Å². The molecule has 1 saturated heterocycles. The predicted octanol–water partition coefficient (Wildman–Crippen LogP) is -1.76. The molecule has 1 atom stereocenters. The van der Waals surface area contributed by atoms with Crippen molar-refractivity contribution in [2.24, 2.45) is 0 Å². The van der Waals surface area contributed by atoms with Crippen molar-refractivity contribution in [3.8, 4) is 0 Å². The van der Waals surface area contributed by atoms with Crippen molar-refractivity contribution in [1.29, 1.82) is 0 Å². The van der Waals surface area contributed by atoms with Gasteiger partial charge in [0, 0.05) is 0 Å². The number of likely N-dealkylation sites (tertiary alicyclic amines) is 1. The lowest BCUT2D eigenvalue weighted by Crippen LogP contribution is -2.66. The van der Waals surface area contributed by atoms with Gasteiger partial charge in [0.1, 0.15) is 6.04 Å². The van der Waals surface area contributed by atoms with Gasteiger partial charge in [-0.25, -0.2) is 0 Å². The molecule has 7 heteroatoms. The molecule has 2 heterocycles. The Morgan fingerprint density at radius 3 is 2.15 bits per heavy atom. The van der Waals surface area contributed by atoms with E-state index in [9.17, 15) is 24.3 Å². The largest absolute Gasteiger partial charge is 0.548 e. The average Bonchev–Trinajstić information content (AvgIpc) is 2.67. The summed E-state index contributed by atoms with van der Waals surface area (Å²) in [6.45, 7) is -0.503. The molecule has 0 bridgehead atoms. The number of β-lactam (4-membered cyclic amide) rings is 1. The van der Waals surface area contributed by atoms with Crippen LogP contribution in [-0.2, 0) is 9.59 Å². The third-order valence-electron chi connectivity index (χ3n) is 3.45. The van der Waals surface area contributed by atoms with Crippen molar-refractivity contribution in [2.75, 3.05) is 13.1 Å². The fraction of sp³-hybridized carbons (Fsp3) is 0.231. The molecule has 7 nitrogen and oxygen atoms in total. The first kappa shape index (κ1) is 12.3. The zero-order valence-electron chi connectivity index (χ0n) is 10.2. The summed E-state index contributed by atoms with van der Waals surface area (Å²) in [7, 11) is 0. The molecule has 0 saturated carbocycles. The van der Waals surface area contributed by atoms with Crippen LogP contribution >= 0.6 is 0 Å². The summed E-state index contributed by atoms with van der Waals surface area (Å²) in [5.41, 5.74) is 0.535. The zero-order chi connectivity index (χ0) is 14.4. The van der Waals surface area contributed by atoms with Gasteiger partial charge in [0.15, 0.2) is 0 Å². The lowest BCUT2D eigenvalue weighted by atomic mass is 10.1. The number of imide groups is 1. The number of nitrogens with zero attached hydrogens (tertiary/aromatic N) is 2. The van der Waals surface area contributed by atoms with E-state index >= 15 is 0 Å². The minimum absolute atomic E-state index is 0.0261. The monoisotopic (exact) mass is 273 g/mol. The summed E-state index contributed by atoms with van der Waals surface area (Å²) >= 11 is 0. The van der Waals surface area contributed by atoms with Crippen LogP contribution in [0.3, 0.4) is 0 Å². The van der Waals surface area contributed by atoms with Crippen LogP contribution in [0.4, 0.5) is 0 Å². The van der Waals surface area contributed by atoms with E-state index in [1.807, 2.05) is 0 Å². The number of carboxylic acids is 1. The number of rotatable bonds is 3. The molecule has 0 aliphatic carbocycles. The fourth-order valence-corrected chi connectivity index (χ4v) is 2.46. The maximum absolute atomic E-state index is 12.1. The molecular weight excluding hydrogens is 264 g/mol. The third kappa shape index (κ3) is 1.59. The van der Waals surface area contributed by atoms with E-state index in [1.165, 1.54) is 12.1 Å². The van der Waals surface area contributed by atoms with Gasteiger partial charge < -0.3 is 14.8 Å². The normalized spacial score (nSPS) is 21.0. The number of hydrogen-bond donors (Lipinski definition) is 0. The van der Waals surface area contributed by atoms with Gasteiger partial charge in [-0.15, -0.1) is 0 Å². The molecule has 2 aliphatic rings. The molecule has 20 heavy (non-hydrogen) atoms. The van der Waals surface area contributed by atoms with Gasteiger partial charge in [0.25, 0.3) is 11.8 Å². The molecule has 0 radical (unpaired) electrons. The molecule has 0 spiro atoms. The third-order valence-corrected chi connectivity index (χ3v) is 3.45. The Labute approximate surface area is 113 Å². The molecule has 102 valence electrons. The predicted molar refractivity (Wildman–Crippen MR) is 62.3 cm³/mol. The Morgan fingerprint density at radius 1 is 1.15 bits per heavy atom. The molecular formula is C13H9N2O5-. The Bertz CT molecular complexity index is 619.